The minimum Gasteiger partial charge on any atom is -0.296 e. The smallest absolute Gasteiger partial charge is 0.296 e. The van der Waals surface area contributed by atoms with E-state index in [0.717, 1.165) is 5.56 Å². The number of nitrogens with zero attached hydrogens (tertiary/aromatic N) is 2. The third kappa shape index (κ3) is 4.66. The Morgan fingerprint density at radius 3 is 2.39 bits per heavy atom. The molecule has 2 rings (SSSR count). The van der Waals surface area contributed by atoms with Crippen LogP contribution in [0.4, 0.5) is 5.69 Å². The lowest BCUT2D eigenvalue weighted by atomic mass is 10.1. The zero-order chi connectivity index (χ0) is 16.9. The topological polar surface area (TPSA) is 81.9 Å². The Kier molecular flexibility index (Phi) is 6.83. The van der Waals surface area contributed by atoms with Crippen LogP contribution in [0, 0.1) is 10.1 Å². The Balaban J connectivity index is 2.15. The van der Waals surface area contributed by atoms with Crippen LogP contribution < -0.4 is 0 Å². The number of hydrogen-bond acceptors (Lipinski definition) is 5. The van der Waals surface area contributed by atoms with Gasteiger partial charge in [-0.3, -0.25) is 19.2 Å². The van der Waals surface area contributed by atoms with Gasteiger partial charge in [0.25, 0.3) is 5.69 Å². The van der Waals surface area contributed by atoms with Crippen LogP contribution in [0.15, 0.2) is 24.3 Å². The van der Waals surface area contributed by atoms with Gasteiger partial charge in [-0.05, 0) is 17.7 Å². The molecule has 1 fully saturated rings. The Labute approximate surface area is 144 Å². The molecule has 1 aromatic rings. The van der Waals surface area contributed by atoms with Crippen molar-refractivity contribution >= 4 is 36.6 Å². The van der Waals surface area contributed by atoms with E-state index in [-0.39, 0.29) is 24.1 Å². The van der Waals surface area contributed by atoms with Crippen LogP contribution in [-0.4, -0.2) is 41.1 Å². The minimum atomic E-state index is -3.48. The zero-order valence-corrected chi connectivity index (χ0v) is 14.7. The molecule has 0 radical (unpaired) electrons. The van der Waals surface area contributed by atoms with Crippen LogP contribution >= 0.6 is 30.9 Å². The van der Waals surface area contributed by atoms with Gasteiger partial charge in [-0.15, -0.1) is 23.2 Å². The molecule has 1 aromatic carbocycles. The fourth-order valence-electron chi connectivity index (χ4n) is 2.26. The number of benzene rings is 1. The van der Waals surface area contributed by atoms with E-state index in [1.807, 2.05) is 0 Å². The molecule has 7 nitrogen and oxygen atoms in total. The lowest BCUT2D eigenvalue weighted by Gasteiger charge is -2.35. The molecule has 0 aliphatic carbocycles. The van der Waals surface area contributed by atoms with Gasteiger partial charge in [0.05, 0.1) is 17.6 Å². The third-order valence-corrected chi connectivity index (χ3v) is 5.86. The maximum Gasteiger partial charge on any atom is 0.408 e. The van der Waals surface area contributed by atoms with Crippen molar-refractivity contribution in [2.24, 2.45) is 0 Å². The predicted octanol–water partition coefficient (Wildman–Crippen LogP) is 3.96. The Bertz CT molecular complexity index is 580. The van der Waals surface area contributed by atoms with Crippen molar-refractivity contribution in [2.45, 2.75) is 12.5 Å². The molecule has 0 saturated carbocycles. The van der Waals surface area contributed by atoms with Crippen molar-refractivity contribution in [3.8, 4) is 0 Å². The first-order chi connectivity index (χ1) is 11.0. The van der Waals surface area contributed by atoms with Crippen molar-refractivity contribution in [3.05, 3.63) is 39.9 Å². The number of halogens is 2. The predicted molar refractivity (Wildman–Crippen MR) is 88.1 cm³/mol. The van der Waals surface area contributed by atoms with E-state index < -0.39 is 18.8 Å². The number of non-ortho nitro benzene ring substituents is 1. The first-order valence-electron chi connectivity index (χ1n) is 7.05. The molecule has 1 heterocycles. The van der Waals surface area contributed by atoms with Crippen molar-refractivity contribution in [1.29, 1.82) is 0 Å². The lowest BCUT2D eigenvalue weighted by molar-refractivity contribution is -0.384. The monoisotopic (exact) mass is 382 g/mol. The average Bonchev–Trinajstić information content (AvgIpc) is 2.55. The summed E-state index contributed by atoms with van der Waals surface area (Å²) in [6.45, 7) is 0.928. The van der Waals surface area contributed by atoms with Crippen LogP contribution in [0.2, 0.25) is 0 Å². The fraction of sp³-hybridized carbons (Fsp3) is 0.538. The second-order valence-corrected chi connectivity index (χ2v) is 7.59. The van der Waals surface area contributed by atoms with E-state index in [1.165, 1.54) is 16.8 Å². The van der Waals surface area contributed by atoms with Gasteiger partial charge in [-0.1, -0.05) is 0 Å². The molecule has 10 heteroatoms. The Morgan fingerprint density at radius 1 is 1.26 bits per heavy atom. The molecular formula is C13H17Cl2N2O5P. The Morgan fingerprint density at radius 2 is 1.87 bits per heavy atom. The van der Waals surface area contributed by atoms with Crippen LogP contribution in [0.25, 0.3) is 0 Å². The summed E-state index contributed by atoms with van der Waals surface area (Å²) < 4.78 is 25.5. The second kappa shape index (κ2) is 8.42. The Hall–Kier alpha value is -0.690. The standard InChI is InChI=1S/C13H17Cl2N2O5P/c14-6-8-16(9-7-15)23(20)21-10-5-13(22-23)11-1-3-12(4-2-11)17(18)19/h1-4,13H,5-10H2/t13-,23+/m0/s1. The molecule has 1 aliphatic rings. The highest BCUT2D eigenvalue weighted by atomic mass is 35.5. The van der Waals surface area contributed by atoms with Gasteiger partial charge >= 0.3 is 7.75 Å². The summed E-state index contributed by atoms with van der Waals surface area (Å²) in [7, 11) is -3.48. The van der Waals surface area contributed by atoms with E-state index in [9.17, 15) is 14.7 Å². The van der Waals surface area contributed by atoms with Crippen LogP contribution in [0.3, 0.4) is 0 Å². The lowest BCUT2D eigenvalue weighted by Crippen LogP contribution is -2.30. The summed E-state index contributed by atoms with van der Waals surface area (Å²) in [6, 6.07) is 6.00. The number of hydrogen-bond donors (Lipinski definition) is 0. The molecular weight excluding hydrogens is 366 g/mol. The van der Waals surface area contributed by atoms with Crippen molar-refractivity contribution in [2.75, 3.05) is 31.5 Å². The molecule has 0 amide bonds. The first kappa shape index (κ1) is 18.6. The molecule has 23 heavy (non-hydrogen) atoms. The third-order valence-electron chi connectivity index (χ3n) is 3.40. The highest BCUT2D eigenvalue weighted by Gasteiger charge is 2.39. The largest absolute Gasteiger partial charge is 0.408 e. The second-order valence-electron chi connectivity index (χ2n) is 4.86. The van der Waals surface area contributed by atoms with Crippen molar-refractivity contribution < 1.29 is 18.5 Å². The average molecular weight is 383 g/mol. The zero-order valence-electron chi connectivity index (χ0n) is 12.3. The molecule has 2 atom stereocenters. The maximum absolute atomic E-state index is 12.9. The van der Waals surface area contributed by atoms with Gasteiger partial charge in [0.1, 0.15) is 0 Å². The highest BCUT2D eigenvalue weighted by molar-refractivity contribution is 7.51. The van der Waals surface area contributed by atoms with Gasteiger partial charge in [-0.2, -0.15) is 0 Å². The van der Waals surface area contributed by atoms with Gasteiger partial charge in [0, 0.05) is 43.4 Å². The van der Waals surface area contributed by atoms with Crippen LogP contribution in [0.1, 0.15) is 18.1 Å². The number of rotatable bonds is 7. The van der Waals surface area contributed by atoms with E-state index in [1.54, 1.807) is 12.1 Å². The quantitative estimate of drug-likeness (QED) is 0.307. The number of alkyl halides is 2. The van der Waals surface area contributed by atoms with E-state index in [2.05, 4.69) is 0 Å². The number of nitro groups is 1. The van der Waals surface area contributed by atoms with E-state index in [0.29, 0.717) is 19.5 Å². The van der Waals surface area contributed by atoms with Gasteiger partial charge < -0.3 is 0 Å². The molecule has 0 unspecified atom stereocenters. The van der Waals surface area contributed by atoms with Crippen molar-refractivity contribution in [3.63, 3.8) is 0 Å². The van der Waals surface area contributed by atoms with E-state index in [4.69, 9.17) is 32.2 Å². The maximum atomic E-state index is 12.9. The summed E-state index contributed by atoms with van der Waals surface area (Å²) in [5.74, 6) is 0.547. The molecule has 1 saturated heterocycles. The molecule has 1 aliphatic heterocycles. The van der Waals surface area contributed by atoms with Crippen LogP contribution in [-0.2, 0) is 13.6 Å². The molecule has 0 N–H and O–H groups in total. The van der Waals surface area contributed by atoms with Crippen LogP contribution in [0.5, 0.6) is 0 Å². The van der Waals surface area contributed by atoms with E-state index >= 15 is 0 Å². The molecule has 128 valence electrons. The normalized spacial score (nSPS) is 24.7. The highest BCUT2D eigenvalue weighted by Crippen LogP contribution is 2.58. The van der Waals surface area contributed by atoms with Gasteiger partial charge in [-0.25, -0.2) is 9.24 Å². The van der Waals surface area contributed by atoms with Gasteiger partial charge in [0.2, 0.25) is 0 Å². The summed E-state index contributed by atoms with van der Waals surface area (Å²) in [6.07, 6.45) is 0.0562. The SMILES string of the molecule is O=[N+]([O-])c1ccc([C@@H]2CCO[P@](=O)(N(CCCl)CCCl)O2)cc1. The molecule has 0 aromatic heterocycles. The summed E-state index contributed by atoms with van der Waals surface area (Å²) in [4.78, 5) is 10.2. The summed E-state index contributed by atoms with van der Waals surface area (Å²) in [5, 5.41) is 10.7. The molecule has 0 spiro atoms. The summed E-state index contributed by atoms with van der Waals surface area (Å²) >= 11 is 11.5. The van der Waals surface area contributed by atoms with Gasteiger partial charge in [0.15, 0.2) is 0 Å². The fourth-order valence-corrected chi connectivity index (χ4v) is 4.83. The molecule has 0 bridgehead atoms. The van der Waals surface area contributed by atoms with Crippen molar-refractivity contribution in [1.82, 2.24) is 4.67 Å². The minimum absolute atomic E-state index is 0.00472. The summed E-state index contributed by atoms with van der Waals surface area (Å²) in [5.41, 5.74) is 0.714. The first-order valence-corrected chi connectivity index (χ1v) is 9.61. The number of nitro benzene ring substituents is 1.